The van der Waals surface area contributed by atoms with Gasteiger partial charge in [0, 0.05) is 6.04 Å². The first kappa shape index (κ1) is 15.3. The molecule has 0 aromatic heterocycles. The minimum atomic E-state index is -0.217. The fourth-order valence-electron chi connectivity index (χ4n) is 2.85. The molecule has 0 aliphatic heterocycles. The van der Waals surface area contributed by atoms with Crippen LogP contribution >= 0.6 is 0 Å². The first-order chi connectivity index (χ1) is 9.72. The van der Waals surface area contributed by atoms with Crippen molar-refractivity contribution in [2.45, 2.75) is 64.5 Å². The largest absolute Gasteiger partial charge is 0.486 e. The van der Waals surface area contributed by atoms with Gasteiger partial charge in [0.2, 0.25) is 0 Å². The summed E-state index contributed by atoms with van der Waals surface area (Å²) in [6.07, 6.45) is 6.98. The molecule has 0 heterocycles. The molecule has 0 radical (unpaired) electrons. The van der Waals surface area contributed by atoms with Crippen LogP contribution in [0, 0.1) is 12.7 Å². The minimum absolute atomic E-state index is 0.0837. The van der Waals surface area contributed by atoms with Gasteiger partial charge >= 0.3 is 0 Å². The molecule has 1 N–H and O–H groups in total. The number of hydrogen-bond donors (Lipinski definition) is 1. The number of halogens is 1. The van der Waals surface area contributed by atoms with Crippen LogP contribution < -0.4 is 10.1 Å². The van der Waals surface area contributed by atoms with Gasteiger partial charge in [-0.25, -0.2) is 4.39 Å². The lowest BCUT2D eigenvalue weighted by Gasteiger charge is -2.27. The second kappa shape index (κ2) is 7.63. The van der Waals surface area contributed by atoms with Crippen LogP contribution in [0.1, 0.15) is 51.0 Å². The Morgan fingerprint density at radius 2 is 2.05 bits per heavy atom. The van der Waals surface area contributed by atoms with Crippen molar-refractivity contribution in [3.05, 3.63) is 29.6 Å². The Hall–Kier alpha value is -1.09. The number of hydrogen-bond acceptors (Lipinski definition) is 2. The summed E-state index contributed by atoms with van der Waals surface area (Å²) in [5, 5.41) is 3.57. The Labute approximate surface area is 121 Å². The maximum atomic E-state index is 14.1. The molecule has 3 heteroatoms. The van der Waals surface area contributed by atoms with Gasteiger partial charge in [0.05, 0.1) is 0 Å². The first-order valence-electron chi connectivity index (χ1n) is 7.87. The molecule has 1 aromatic rings. The smallest absolute Gasteiger partial charge is 0.167 e. The highest BCUT2D eigenvalue weighted by Gasteiger charge is 2.25. The topological polar surface area (TPSA) is 21.3 Å². The van der Waals surface area contributed by atoms with Crippen molar-refractivity contribution in [3.8, 4) is 5.75 Å². The van der Waals surface area contributed by atoms with E-state index in [0.29, 0.717) is 17.4 Å². The van der Waals surface area contributed by atoms with Crippen molar-refractivity contribution in [1.82, 2.24) is 5.32 Å². The number of nitrogens with one attached hydrogen (secondary N) is 1. The Morgan fingerprint density at radius 1 is 1.25 bits per heavy atom. The molecule has 1 aliphatic carbocycles. The van der Waals surface area contributed by atoms with Gasteiger partial charge in [-0.1, -0.05) is 31.9 Å². The molecular weight excluding hydrogens is 253 g/mol. The summed E-state index contributed by atoms with van der Waals surface area (Å²) in [6, 6.07) is 5.72. The summed E-state index contributed by atoms with van der Waals surface area (Å²) >= 11 is 0. The normalized spacial score (nSPS) is 23.4. The molecule has 0 saturated heterocycles. The van der Waals surface area contributed by atoms with E-state index in [2.05, 4.69) is 12.2 Å². The fourth-order valence-corrected chi connectivity index (χ4v) is 2.85. The lowest BCUT2D eigenvalue weighted by molar-refractivity contribution is 0.138. The van der Waals surface area contributed by atoms with Gasteiger partial charge in [0.15, 0.2) is 11.6 Å². The second-order valence-electron chi connectivity index (χ2n) is 5.74. The van der Waals surface area contributed by atoms with E-state index < -0.39 is 0 Å². The van der Waals surface area contributed by atoms with Crippen LogP contribution in [0.2, 0.25) is 0 Å². The maximum Gasteiger partial charge on any atom is 0.167 e. The molecule has 20 heavy (non-hydrogen) atoms. The van der Waals surface area contributed by atoms with Gasteiger partial charge in [0.25, 0.3) is 0 Å². The molecule has 2 unspecified atom stereocenters. The van der Waals surface area contributed by atoms with E-state index in [1.165, 1.54) is 19.3 Å². The molecule has 0 spiro atoms. The number of benzene rings is 1. The number of rotatable bonds is 5. The highest BCUT2D eigenvalue weighted by atomic mass is 19.1. The third kappa shape index (κ3) is 3.95. The highest BCUT2D eigenvalue weighted by Crippen LogP contribution is 2.26. The Kier molecular flexibility index (Phi) is 5.84. The lowest BCUT2D eigenvalue weighted by Crippen LogP contribution is -2.42. The van der Waals surface area contributed by atoms with Crippen LogP contribution in [0.25, 0.3) is 0 Å². The lowest BCUT2D eigenvalue weighted by atomic mass is 10.1. The Morgan fingerprint density at radius 3 is 2.85 bits per heavy atom. The quantitative estimate of drug-likeness (QED) is 0.815. The molecule has 2 rings (SSSR count). The van der Waals surface area contributed by atoms with Gasteiger partial charge in [-0.2, -0.15) is 0 Å². The van der Waals surface area contributed by atoms with Gasteiger partial charge in [-0.3, -0.25) is 0 Å². The van der Waals surface area contributed by atoms with E-state index in [-0.39, 0.29) is 11.9 Å². The van der Waals surface area contributed by atoms with Crippen molar-refractivity contribution in [3.63, 3.8) is 0 Å². The SMILES string of the molecule is CCCNC1CCCCCC1Oc1cccc(C)c1F. The van der Waals surface area contributed by atoms with Crippen LogP contribution in [0.15, 0.2) is 18.2 Å². The fraction of sp³-hybridized carbons (Fsp3) is 0.647. The zero-order chi connectivity index (χ0) is 14.4. The molecule has 1 aromatic carbocycles. The van der Waals surface area contributed by atoms with Crippen molar-refractivity contribution in [2.75, 3.05) is 6.54 Å². The predicted molar refractivity (Wildman–Crippen MR) is 80.7 cm³/mol. The van der Waals surface area contributed by atoms with Crippen LogP contribution in [-0.4, -0.2) is 18.7 Å². The predicted octanol–water partition coefficient (Wildman–Crippen LogP) is 4.21. The molecular formula is C17H26FNO. The maximum absolute atomic E-state index is 14.1. The van der Waals surface area contributed by atoms with E-state index in [4.69, 9.17) is 4.74 Å². The van der Waals surface area contributed by atoms with Crippen molar-refractivity contribution < 1.29 is 9.13 Å². The van der Waals surface area contributed by atoms with E-state index in [1.54, 1.807) is 19.1 Å². The van der Waals surface area contributed by atoms with Crippen LogP contribution in [0.5, 0.6) is 5.75 Å². The Bertz CT molecular complexity index is 421. The second-order valence-corrected chi connectivity index (χ2v) is 5.74. The summed E-state index contributed by atoms with van der Waals surface area (Å²) in [5.74, 6) is 0.186. The molecule has 1 aliphatic rings. The molecule has 2 nitrogen and oxygen atoms in total. The zero-order valence-corrected chi connectivity index (χ0v) is 12.6. The monoisotopic (exact) mass is 279 g/mol. The average Bonchev–Trinajstić information content (AvgIpc) is 2.67. The molecule has 2 atom stereocenters. The highest BCUT2D eigenvalue weighted by molar-refractivity contribution is 5.30. The van der Waals surface area contributed by atoms with Crippen molar-refractivity contribution in [1.29, 1.82) is 0 Å². The summed E-state index contributed by atoms with van der Waals surface area (Å²) in [7, 11) is 0. The molecule has 1 saturated carbocycles. The van der Waals surface area contributed by atoms with Crippen LogP contribution in [-0.2, 0) is 0 Å². The average molecular weight is 279 g/mol. The molecule has 1 fully saturated rings. The standard InChI is InChI=1S/C17H26FNO/c1-3-12-19-14-9-5-4-6-10-15(14)20-16-11-7-8-13(2)17(16)18/h7-8,11,14-15,19H,3-6,9-10,12H2,1-2H3. The van der Waals surface area contributed by atoms with Gasteiger partial charge in [-0.05, 0) is 50.8 Å². The van der Waals surface area contributed by atoms with Crippen molar-refractivity contribution in [2.24, 2.45) is 0 Å². The van der Waals surface area contributed by atoms with Crippen LogP contribution in [0.4, 0.5) is 4.39 Å². The van der Waals surface area contributed by atoms with Gasteiger partial charge < -0.3 is 10.1 Å². The summed E-state index contributed by atoms with van der Waals surface area (Å²) in [6.45, 7) is 4.95. The van der Waals surface area contributed by atoms with E-state index in [1.807, 2.05) is 6.07 Å². The third-order valence-electron chi connectivity index (χ3n) is 4.04. The van der Waals surface area contributed by atoms with E-state index >= 15 is 0 Å². The Balaban J connectivity index is 2.08. The summed E-state index contributed by atoms with van der Waals surface area (Å²) in [4.78, 5) is 0. The number of aryl methyl sites for hydroxylation is 1. The molecule has 0 bridgehead atoms. The van der Waals surface area contributed by atoms with E-state index in [9.17, 15) is 4.39 Å². The first-order valence-corrected chi connectivity index (χ1v) is 7.87. The zero-order valence-electron chi connectivity index (χ0n) is 12.6. The van der Waals surface area contributed by atoms with Gasteiger partial charge in [0.1, 0.15) is 6.10 Å². The van der Waals surface area contributed by atoms with Crippen molar-refractivity contribution >= 4 is 0 Å². The third-order valence-corrected chi connectivity index (χ3v) is 4.04. The van der Waals surface area contributed by atoms with Gasteiger partial charge in [-0.15, -0.1) is 0 Å². The summed E-state index contributed by atoms with van der Waals surface area (Å²) < 4.78 is 20.1. The number of ether oxygens (including phenoxy) is 1. The molecule has 0 amide bonds. The van der Waals surface area contributed by atoms with E-state index in [0.717, 1.165) is 25.8 Å². The molecule has 112 valence electrons. The summed E-state index contributed by atoms with van der Waals surface area (Å²) in [5.41, 5.74) is 0.647. The minimum Gasteiger partial charge on any atom is -0.486 e. The van der Waals surface area contributed by atoms with Crippen LogP contribution in [0.3, 0.4) is 0 Å².